The van der Waals surface area contributed by atoms with Gasteiger partial charge in [0.05, 0.1) is 18.6 Å². The molecular formula is C19H26ClN3O5. The van der Waals surface area contributed by atoms with Crippen molar-refractivity contribution >= 4 is 29.2 Å². The minimum Gasteiger partial charge on any atom is -0.388 e. The summed E-state index contributed by atoms with van der Waals surface area (Å²) >= 11 is 5.89. The number of urea groups is 1. The first-order valence-electron chi connectivity index (χ1n) is 9.52. The average molecular weight is 412 g/mol. The van der Waals surface area contributed by atoms with Gasteiger partial charge in [0.2, 0.25) is 5.91 Å². The van der Waals surface area contributed by atoms with E-state index in [1.54, 1.807) is 24.3 Å². The van der Waals surface area contributed by atoms with Crippen LogP contribution in [0.15, 0.2) is 24.3 Å². The molecule has 3 amide bonds. The van der Waals surface area contributed by atoms with Crippen molar-refractivity contribution in [3.8, 4) is 0 Å². The van der Waals surface area contributed by atoms with E-state index in [1.807, 2.05) is 6.92 Å². The van der Waals surface area contributed by atoms with E-state index in [4.69, 9.17) is 21.1 Å². The molecule has 0 saturated carbocycles. The zero-order valence-electron chi connectivity index (χ0n) is 15.7. The highest BCUT2D eigenvalue weighted by Gasteiger charge is 2.50. The number of hydrogen-bond donors (Lipinski definition) is 4. The number of aliphatic hydroxyl groups excluding tert-OH is 1. The quantitative estimate of drug-likeness (QED) is 0.545. The number of ether oxygens (including phenoxy) is 2. The lowest BCUT2D eigenvalue weighted by atomic mass is 10.1. The zero-order chi connectivity index (χ0) is 20.1. The van der Waals surface area contributed by atoms with Crippen LogP contribution in [-0.4, -0.2) is 60.7 Å². The van der Waals surface area contributed by atoms with Gasteiger partial charge >= 0.3 is 6.03 Å². The smallest absolute Gasteiger partial charge is 0.319 e. The molecule has 0 spiro atoms. The molecule has 2 aliphatic heterocycles. The average Bonchev–Trinajstić information content (AvgIpc) is 3.17. The Kier molecular flexibility index (Phi) is 7.12. The number of fused-ring (bicyclic) bond motifs is 1. The van der Waals surface area contributed by atoms with Crippen LogP contribution in [-0.2, 0) is 14.3 Å². The maximum atomic E-state index is 12.0. The van der Waals surface area contributed by atoms with Gasteiger partial charge in [-0.1, -0.05) is 24.6 Å². The van der Waals surface area contributed by atoms with E-state index < -0.39 is 24.3 Å². The van der Waals surface area contributed by atoms with Crippen molar-refractivity contribution in [1.29, 1.82) is 0 Å². The van der Waals surface area contributed by atoms with Gasteiger partial charge in [0.25, 0.3) is 0 Å². The van der Waals surface area contributed by atoms with Crippen molar-refractivity contribution in [2.45, 2.75) is 56.7 Å². The van der Waals surface area contributed by atoms with Crippen molar-refractivity contribution in [3.05, 3.63) is 29.3 Å². The Morgan fingerprint density at radius 1 is 1.29 bits per heavy atom. The fourth-order valence-electron chi connectivity index (χ4n) is 3.49. The summed E-state index contributed by atoms with van der Waals surface area (Å²) in [6.07, 6.45) is -0.755. The number of benzene rings is 1. The molecule has 1 aromatic carbocycles. The fraction of sp³-hybridized carbons (Fsp3) is 0.579. The second-order valence-electron chi connectivity index (χ2n) is 7.06. The van der Waals surface area contributed by atoms with Crippen LogP contribution in [0.4, 0.5) is 10.5 Å². The standard InChI is InChI=1S/C19H26ClN3O5/c1-2-6-21-16(24)9-13-8-14-18(27-13)17(25)15(28-14)10-22-19(26)23-12-5-3-4-11(20)7-12/h3-5,7,13-15,17-18,25H,2,6,8-10H2,1H3,(H,21,24)(H2,22,23,26). The molecule has 0 bridgehead atoms. The summed E-state index contributed by atoms with van der Waals surface area (Å²) in [4.78, 5) is 23.8. The molecule has 1 aromatic rings. The third kappa shape index (κ3) is 5.35. The molecule has 2 aliphatic rings. The molecule has 3 rings (SSSR count). The Labute approximate surface area is 168 Å². The molecular weight excluding hydrogens is 386 g/mol. The van der Waals surface area contributed by atoms with E-state index in [2.05, 4.69) is 16.0 Å². The van der Waals surface area contributed by atoms with E-state index in [1.165, 1.54) is 0 Å². The normalized spacial score (nSPS) is 28.6. The molecule has 2 heterocycles. The Bertz CT molecular complexity index is 704. The van der Waals surface area contributed by atoms with Crippen LogP contribution in [0.2, 0.25) is 5.02 Å². The van der Waals surface area contributed by atoms with Crippen molar-refractivity contribution in [3.63, 3.8) is 0 Å². The summed E-state index contributed by atoms with van der Waals surface area (Å²) in [7, 11) is 0. The Morgan fingerprint density at radius 2 is 2.11 bits per heavy atom. The summed E-state index contributed by atoms with van der Waals surface area (Å²) < 4.78 is 11.7. The van der Waals surface area contributed by atoms with Gasteiger partial charge in [0.1, 0.15) is 18.3 Å². The van der Waals surface area contributed by atoms with Crippen molar-refractivity contribution in [2.24, 2.45) is 0 Å². The summed E-state index contributed by atoms with van der Waals surface area (Å²) in [6.45, 7) is 2.78. The molecule has 28 heavy (non-hydrogen) atoms. The van der Waals surface area contributed by atoms with Crippen LogP contribution in [0, 0.1) is 0 Å². The third-order valence-electron chi connectivity index (χ3n) is 4.81. The predicted octanol–water partition coefficient (Wildman–Crippen LogP) is 1.66. The highest BCUT2D eigenvalue weighted by atomic mass is 35.5. The number of aliphatic hydroxyl groups is 1. The zero-order valence-corrected chi connectivity index (χ0v) is 16.4. The van der Waals surface area contributed by atoms with E-state index in [0.717, 1.165) is 6.42 Å². The molecule has 154 valence electrons. The van der Waals surface area contributed by atoms with Crippen LogP contribution in [0.25, 0.3) is 0 Å². The summed E-state index contributed by atoms with van der Waals surface area (Å²) in [6, 6.07) is 6.39. The lowest BCUT2D eigenvalue weighted by Gasteiger charge is -2.20. The monoisotopic (exact) mass is 411 g/mol. The summed E-state index contributed by atoms with van der Waals surface area (Å²) in [5.74, 6) is -0.0581. The highest BCUT2D eigenvalue weighted by Crippen LogP contribution is 2.35. The number of anilines is 1. The van der Waals surface area contributed by atoms with Gasteiger partial charge in [0.15, 0.2) is 0 Å². The van der Waals surface area contributed by atoms with Crippen LogP contribution in [0.3, 0.4) is 0 Å². The van der Waals surface area contributed by atoms with Gasteiger partial charge in [0, 0.05) is 30.2 Å². The first-order chi connectivity index (χ1) is 13.5. The number of halogens is 1. The lowest BCUT2D eigenvalue weighted by Crippen LogP contribution is -2.42. The van der Waals surface area contributed by atoms with E-state index in [-0.39, 0.29) is 31.1 Å². The SMILES string of the molecule is CCCNC(=O)CC1CC2OC(CNC(=O)Nc3cccc(Cl)c3)C(O)C2O1. The number of amides is 3. The number of nitrogens with one attached hydrogen (secondary N) is 3. The minimum atomic E-state index is -0.861. The maximum Gasteiger partial charge on any atom is 0.319 e. The van der Waals surface area contributed by atoms with Crippen LogP contribution in [0.5, 0.6) is 0 Å². The van der Waals surface area contributed by atoms with Gasteiger partial charge in [-0.2, -0.15) is 0 Å². The van der Waals surface area contributed by atoms with E-state index in [9.17, 15) is 14.7 Å². The van der Waals surface area contributed by atoms with Gasteiger partial charge in [-0.05, 0) is 24.6 Å². The van der Waals surface area contributed by atoms with Gasteiger partial charge in [-0.15, -0.1) is 0 Å². The number of hydrogen-bond acceptors (Lipinski definition) is 5. The van der Waals surface area contributed by atoms with Gasteiger partial charge < -0.3 is 30.5 Å². The van der Waals surface area contributed by atoms with Crippen LogP contribution in [0.1, 0.15) is 26.2 Å². The number of carbonyl (C=O) groups excluding carboxylic acids is 2. The molecule has 8 nitrogen and oxygen atoms in total. The topological polar surface area (TPSA) is 109 Å². The number of rotatable bonds is 7. The molecule has 9 heteroatoms. The molecule has 5 unspecified atom stereocenters. The van der Waals surface area contributed by atoms with Crippen LogP contribution >= 0.6 is 11.6 Å². The first kappa shape index (κ1) is 20.9. The predicted molar refractivity (Wildman–Crippen MR) is 104 cm³/mol. The van der Waals surface area contributed by atoms with E-state index in [0.29, 0.717) is 23.7 Å². The maximum absolute atomic E-state index is 12.0. The fourth-order valence-corrected chi connectivity index (χ4v) is 3.68. The second kappa shape index (κ2) is 9.56. The summed E-state index contributed by atoms with van der Waals surface area (Å²) in [5.41, 5.74) is 0.572. The molecule has 2 saturated heterocycles. The van der Waals surface area contributed by atoms with Crippen molar-refractivity contribution in [1.82, 2.24) is 10.6 Å². The Balaban J connectivity index is 1.41. The first-order valence-corrected chi connectivity index (χ1v) is 9.90. The van der Waals surface area contributed by atoms with Gasteiger partial charge in [-0.3, -0.25) is 4.79 Å². The molecule has 5 atom stereocenters. The highest BCUT2D eigenvalue weighted by molar-refractivity contribution is 6.30. The third-order valence-corrected chi connectivity index (χ3v) is 5.04. The molecule has 4 N–H and O–H groups in total. The Morgan fingerprint density at radius 3 is 2.82 bits per heavy atom. The Hall–Kier alpha value is -1.87. The minimum absolute atomic E-state index is 0.0581. The summed E-state index contributed by atoms with van der Waals surface area (Å²) in [5, 5.41) is 19.1. The lowest BCUT2D eigenvalue weighted by molar-refractivity contribution is -0.124. The molecule has 0 aromatic heterocycles. The van der Waals surface area contributed by atoms with Crippen molar-refractivity contribution in [2.75, 3.05) is 18.4 Å². The second-order valence-corrected chi connectivity index (χ2v) is 7.50. The van der Waals surface area contributed by atoms with E-state index >= 15 is 0 Å². The molecule has 2 fully saturated rings. The van der Waals surface area contributed by atoms with Crippen LogP contribution < -0.4 is 16.0 Å². The number of carbonyl (C=O) groups is 2. The molecule has 0 radical (unpaired) electrons. The largest absolute Gasteiger partial charge is 0.388 e. The molecule has 0 aliphatic carbocycles. The van der Waals surface area contributed by atoms with Gasteiger partial charge in [-0.25, -0.2) is 4.79 Å². The van der Waals surface area contributed by atoms with Crippen molar-refractivity contribution < 1.29 is 24.2 Å².